The normalized spacial score (nSPS) is 11.0. The molecule has 0 aliphatic heterocycles. The highest BCUT2D eigenvalue weighted by atomic mass is 32.1. The van der Waals surface area contributed by atoms with Crippen LogP contribution in [0.5, 0.6) is 0 Å². The van der Waals surface area contributed by atoms with E-state index in [0.29, 0.717) is 15.9 Å². The van der Waals surface area contributed by atoms with Crippen LogP contribution in [0.2, 0.25) is 0 Å². The highest BCUT2D eigenvalue weighted by Gasteiger charge is 2.17. The van der Waals surface area contributed by atoms with Gasteiger partial charge in [-0.1, -0.05) is 44.2 Å². The molecule has 3 rings (SSSR count). The maximum absolute atomic E-state index is 12.5. The third-order valence-electron chi connectivity index (χ3n) is 3.58. The number of anilines is 1. The summed E-state index contributed by atoms with van der Waals surface area (Å²) in [5.74, 6) is 0.225. The van der Waals surface area contributed by atoms with Crippen LogP contribution in [0.4, 0.5) is 5.13 Å². The Morgan fingerprint density at radius 1 is 1.21 bits per heavy atom. The molecule has 0 saturated heterocycles. The highest BCUT2D eigenvalue weighted by molar-refractivity contribution is 7.15. The fourth-order valence-electron chi connectivity index (χ4n) is 2.27. The number of nitrogens with zero attached hydrogens (tertiary/aromatic N) is 2. The number of rotatable bonds is 5. The smallest absolute Gasteiger partial charge is 0.269 e. The molecule has 1 amide bonds. The summed E-state index contributed by atoms with van der Waals surface area (Å²) in [6.07, 6.45) is 0.744. The van der Waals surface area contributed by atoms with Crippen molar-refractivity contribution >= 4 is 33.7 Å². The van der Waals surface area contributed by atoms with E-state index in [1.807, 2.05) is 30.5 Å². The lowest BCUT2D eigenvalue weighted by Gasteiger charge is -2.00. The number of thiazole rings is 2. The van der Waals surface area contributed by atoms with Gasteiger partial charge in [0.05, 0.1) is 16.4 Å². The van der Waals surface area contributed by atoms with Crippen LogP contribution in [-0.2, 0) is 6.42 Å². The summed E-state index contributed by atoms with van der Waals surface area (Å²) in [7, 11) is 0. The number of hydrogen-bond donors (Lipinski definition) is 1. The largest absolute Gasteiger partial charge is 0.297 e. The van der Waals surface area contributed by atoms with E-state index in [0.717, 1.165) is 22.8 Å². The van der Waals surface area contributed by atoms with Gasteiger partial charge in [-0.2, -0.15) is 0 Å². The molecule has 0 spiro atoms. The molecule has 2 heterocycles. The van der Waals surface area contributed by atoms with Crippen molar-refractivity contribution in [2.45, 2.75) is 33.1 Å². The zero-order valence-corrected chi connectivity index (χ0v) is 15.5. The van der Waals surface area contributed by atoms with Crippen molar-refractivity contribution in [1.82, 2.24) is 9.97 Å². The molecular formula is C18H19N3OS2. The van der Waals surface area contributed by atoms with Crippen molar-refractivity contribution in [2.24, 2.45) is 0 Å². The van der Waals surface area contributed by atoms with Crippen LogP contribution < -0.4 is 5.32 Å². The van der Waals surface area contributed by atoms with Crippen LogP contribution in [0.1, 0.15) is 51.4 Å². The molecule has 4 nitrogen and oxygen atoms in total. The molecule has 0 saturated carbocycles. The summed E-state index contributed by atoms with van der Waals surface area (Å²) in [5.41, 5.74) is 2.96. The summed E-state index contributed by atoms with van der Waals surface area (Å²) < 4.78 is 0. The Bertz CT molecular complexity index is 837. The fraction of sp³-hybridized carbons (Fsp3) is 0.278. The number of aromatic nitrogens is 2. The SMILES string of the molecule is Cc1nc(Cc2ccccc2)sc1C(=O)Nc1nc(C(C)C)cs1. The van der Waals surface area contributed by atoms with Gasteiger partial charge in [0, 0.05) is 11.8 Å². The first-order chi connectivity index (χ1) is 11.5. The lowest BCUT2D eigenvalue weighted by molar-refractivity contribution is 0.103. The van der Waals surface area contributed by atoms with Crippen molar-refractivity contribution < 1.29 is 4.79 Å². The second-order valence-electron chi connectivity index (χ2n) is 5.87. The molecule has 24 heavy (non-hydrogen) atoms. The third-order valence-corrected chi connectivity index (χ3v) is 5.51. The maximum atomic E-state index is 12.5. The number of aryl methyl sites for hydroxylation is 1. The average molecular weight is 358 g/mol. The average Bonchev–Trinajstić information content (AvgIpc) is 3.15. The standard InChI is InChI=1S/C18H19N3OS2/c1-11(2)14-10-23-18(20-14)21-17(22)16-12(3)19-15(24-16)9-13-7-5-4-6-8-13/h4-8,10-11H,9H2,1-3H3,(H,20,21,22). The van der Waals surface area contributed by atoms with Crippen LogP contribution in [0.25, 0.3) is 0 Å². The van der Waals surface area contributed by atoms with E-state index >= 15 is 0 Å². The van der Waals surface area contributed by atoms with Gasteiger partial charge in [0.2, 0.25) is 0 Å². The third kappa shape index (κ3) is 3.88. The van der Waals surface area contributed by atoms with Gasteiger partial charge in [0.25, 0.3) is 5.91 Å². The molecule has 0 radical (unpaired) electrons. The predicted molar refractivity (Wildman–Crippen MR) is 100 cm³/mol. The van der Waals surface area contributed by atoms with E-state index in [9.17, 15) is 4.79 Å². The quantitative estimate of drug-likeness (QED) is 0.708. The minimum Gasteiger partial charge on any atom is -0.297 e. The molecule has 1 aromatic carbocycles. The summed E-state index contributed by atoms with van der Waals surface area (Å²) in [4.78, 5) is 22.2. The summed E-state index contributed by atoms with van der Waals surface area (Å²) >= 11 is 2.91. The molecule has 0 aliphatic carbocycles. The number of hydrogen-bond acceptors (Lipinski definition) is 5. The van der Waals surface area contributed by atoms with Gasteiger partial charge in [-0.05, 0) is 18.4 Å². The Labute approximate surface area is 149 Å². The summed E-state index contributed by atoms with van der Waals surface area (Å²) in [6, 6.07) is 10.2. The minimum atomic E-state index is -0.131. The van der Waals surface area contributed by atoms with Gasteiger partial charge in [0.15, 0.2) is 5.13 Å². The lowest BCUT2D eigenvalue weighted by atomic mass is 10.2. The molecule has 3 aromatic rings. The van der Waals surface area contributed by atoms with Crippen molar-refractivity contribution in [3.05, 3.63) is 62.5 Å². The van der Waals surface area contributed by atoms with Crippen LogP contribution in [0, 0.1) is 6.92 Å². The zero-order chi connectivity index (χ0) is 17.1. The minimum absolute atomic E-state index is 0.131. The van der Waals surface area contributed by atoms with Gasteiger partial charge in [0.1, 0.15) is 4.88 Å². The summed E-state index contributed by atoms with van der Waals surface area (Å²) in [6.45, 7) is 6.05. The maximum Gasteiger partial charge on any atom is 0.269 e. The van der Waals surface area contributed by atoms with Crippen LogP contribution >= 0.6 is 22.7 Å². The number of carbonyl (C=O) groups excluding carboxylic acids is 1. The second-order valence-corrected chi connectivity index (χ2v) is 7.81. The Balaban J connectivity index is 1.73. The van der Waals surface area contributed by atoms with Gasteiger partial charge in [-0.15, -0.1) is 22.7 Å². The molecule has 124 valence electrons. The molecule has 0 unspecified atom stereocenters. The van der Waals surface area contributed by atoms with E-state index in [4.69, 9.17) is 0 Å². The van der Waals surface area contributed by atoms with Crippen LogP contribution in [0.15, 0.2) is 35.7 Å². The predicted octanol–water partition coefficient (Wildman–Crippen LogP) is 4.87. The zero-order valence-electron chi connectivity index (χ0n) is 13.9. The molecular weight excluding hydrogens is 338 g/mol. The van der Waals surface area contributed by atoms with Crippen molar-refractivity contribution in [3.8, 4) is 0 Å². The van der Waals surface area contributed by atoms with E-state index < -0.39 is 0 Å². The number of amides is 1. The Hall–Kier alpha value is -2.05. The molecule has 0 bridgehead atoms. The number of nitrogens with one attached hydrogen (secondary N) is 1. The van der Waals surface area contributed by atoms with Crippen LogP contribution in [-0.4, -0.2) is 15.9 Å². The highest BCUT2D eigenvalue weighted by Crippen LogP contribution is 2.25. The number of carbonyl (C=O) groups is 1. The number of benzene rings is 1. The molecule has 1 N–H and O–H groups in total. The Morgan fingerprint density at radius 2 is 1.96 bits per heavy atom. The molecule has 6 heteroatoms. The summed E-state index contributed by atoms with van der Waals surface area (Å²) in [5, 5.41) is 6.47. The molecule has 2 aromatic heterocycles. The van der Waals surface area contributed by atoms with Crippen molar-refractivity contribution in [3.63, 3.8) is 0 Å². The van der Waals surface area contributed by atoms with Gasteiger partial charge >= 0.3 is 0 Å². The van der Waals surface area contributed by atoms with Crippen molar-refractivity contribution in [2.75, 3.05) is 5.32 Å². The van der Waals surface area contributed by atoms with E-state index in [-0.39, 0.29) is 5.91 Å². The fourth-order valence-corrected chi connectivity index (χ4v) is 4.13. The van der Waals surface area contributed by atoms with Gasteiger partial charge in [-0.3, -0.25) is 10.1 Å². The monoisotopic (exact) mass is 357 g/mol. The Morgan fingerprint density at radius 3 is 2.62 bits per heavy atom. The topological polar surface area (TPSA) is 54.9 Å². The molecule has 0 aliphatic rings. The van der Waals surface area contributed by atoms with E-state index in [2.05, 4.69) is 41.3 Å². The molecule has 0 fully saturated rings. The first-order valence-corrected chi connectivity index (χ1v) is 9.49. The van der Waals surface area contributed by atoms with Crippen LogP contribution in [0.3, 0.4) is 0 Å². The first kappa shape index (κ1) is 16.8. The Kier molecular flexibility index (Phi) is 5.06. The second kappa shape index (κ2) is 7.23. The lowest BCUT2D eigenvalue weighted by Crippen LogP contribution is -2.11. The van der Waals surface area contributed by atoms with Crippen molar-refractivity contribution in [1.29, 1.82) is 0 Å². The first-order valence-electron chi connectivity index (χ1n) is 7.80. The van der Waals surface area contributed by atoms with Gasteiger partial charge in [-0.25, -0.2) is 9.97 Å². The molecule has 0 atom stereocenters. The van der Waals surface area contributed by atoms with E-state index in [1.165, 1.54) is 28.2 Å². The van der Waals surface area contributed by atoms with E-state index in [1.54, 1.807) is 0 Å². The van der Waals surface area contributed by atoms with Gasteiger partial charge < -0.3 is 0 Å².